The smallest absolute Gasteiger partial charge is 0.257 e. The summed E-state index contributed by atoms with van der Waals surface area (Å²) in [7, 11) is 0. The van der Waals surface area contributed by atoms with Gasteiger partial charge < -0.3 is 0 Å². The summed E-state index contributed by atoms with van der Waals surface area (Å²) in [6.45, 7) is 2.80. The summed E-state index contributed by atoms with van der Waals surface area (Å²) >= 11 is 1.59. The molecule has 1 N–H and O–H groups in total. The topological polar surface area (TPSA) is 45.2 Å². The van der Waals surface area contributed by atoms with Crippen LogP contribution >= 0.6 is 11.3 Å². The van der Waals surface area contributed by atoms with Gasteiger partial charge in [0.05, 0.1) is 5.69 Å². The van der Waals surface area contributed by atoms with Crippen molar-refractivity contribution in [2.24, 2.45) is 0 Å². The van der Waals surface area contributed by atoms with E-state index < -0.39 is 0 Å². The highest BCUT2D eigenvalue weighted by molar-refractivity contribution is 7.15. The highest BCUT2D eigenvalue weighted by Crippen LogP contribution is 2.29. The van der Waals surface area contributed by atoms with Crippen molar-refractivity contribution >= 4 is 22.4 Å². The molecule has 5 heteroatoms. The number of nitrogens with zero attached hydrogens (tertiary/aromatic N) is 2. The highest BCUT2D eigenvalue weighted by atomic mass is 32.1. The molecule has 3 aromatic carbocycles. The minimum absolute atomic E-state index is 0.119. The van der Waals surface area contributed by atoms with Crippen LogP contribution in [0.25, 0.3) is 11.1 Å². The first kappa shape index (κ1) is 19.7. The van der Waals surface area contributed by atoms with Crippen LogP contribution in [-0.2, 0) is 19.5 Å². The van der Waals surface area contributed by atoms with Crippen LogP contribution in [0.5, 0.6) is 0 Å². The summed E-state index contributed by atoms with van der Waals surface area (Å²) in [5.41, 5.74) is 5.31. The molecule has 0 unspecified atom stereocenters. The van der Waals surface area contributed by atoms with E-state index in [9.17, 15) is 4.79 Å². The summed E-state index contributed by atoms with van der Waals surface area (Å²) < 4.78 is 0. The van der Waals surface area contributed by atoms with Crippen LogP contribution in [0, 0.1) is 0 Å². The molecule has 0 saturated carbocycles. The van der Waals surface area contributed by atoms with E-state index in [0.717, 1.165) is 42.9 Å². The Kier molecular flexibility index (Phi) is 5.61. The van der Waals surface area contributed by atoms with Gasteiger partial charge in [0.2, 0.25) is 0 Å². The molecule has 1 amide bonds. The van der Waals surface area contributed by atoms with Gasteiger partial charge in [0.15, 0.2) is 5.13 Å². The van der Waals surface area contributed by atoms with Crippen molar-refractivity contribution in [3.63, 3.8) is 0 Å². The minimum atomic E-state index is -0.119. The van der Waals surface area contributed by atoms with E-state index in [1.165, 1.54) is 10.4 Å². The molecule has 0 atom stereocenters. The Morgan fingerprint density at radius 1 is 0.903 bits per heavy atom. The Morgan fingerprint density at radius 3 is 2.32 bits per heavy atom. The molecule has 1 aliphatic heterocycles. The molecule has 0 fully saturated rings. The summed E-state index contributed by atoms with van der Waals surface area (Å²) in [4.78, 5) is 21.1. The number of carbonyl (C=O) groups is 1. The number of thiazole rings is 1. The fourth-order valence-electron chi connectivity index (χ4n) is 3.89. The van der Waals surface area contributed by atoms with Gasteiger partial charge in [0.1, 0.15) is 0 Å². The van der Waals surface area contributed by atoms with Crippen LogP contribution in [0.15, 0.2) is 84.9 Å². The number of nitrogens with one attached hydrogen (secondary N) is 1. The molecule has 1 aromatic heterocycles. The first-order chi connectivity index (χ1) is 15.2. The molecule has 4 nitrogen and oxygen atoms in total. The van der Waals surface area contributed by atoms with Crippen molar-refractivity contribution in [2.45, 2.75) is 19.5 Å². The number of benzene rings is 3. The van der Waals surface area contributed by atoms with E-state index in [-0.39, 0.29) is 5.91 Å². The average Bonchev–Trinajstić information content (AvgIpc) is 3.22. The van der Waals surface area contributed by atoms with Gasteiger partial charge in [-0.25, -0.2) is 4.98 Å². The summed E-state index contributed by atoms with van der Waals surface area (Å²) in [5.74, 6) is -0.119. The number of amides is 1. The molecule has 0 bridgehead atoms. The fourth-order valence-corrected chi connectivity index (χ4v) is 4.94. The van der Waals surface area contributed by atoms with Gasteiger partial charge in [0.25, 0.3) is 5.91 Å². The van der Waals surface area contributed by atoms with E-state index >= 15 is 0 Å². The zero-order chi connectivity index (χ0) is 21.0. The third-order valence-corrected chi connectivity index (χ3v) is 6.53. The molecule has 2 heterocycles. The lowest BCUT2D eigenvalue weighted by Crippen LogP contribution is -2.29. The average molecular weight is 426 g/mol. The first-order valence-electron chi connectivity index (χ1n) is 10.5. The maximum Gasteiger partial charge on any atom is 0.257 e. The second-order valence-electron chi connectivity index (χ2n) is 7.73. The van der Waals surface area contributed by atoms with Crippen molar-refractivity contribution in [2.75, 3.05) is 11.9 Å². The number of aromatic nitrogens is 1. The van der Waals surface area contributed by atoms with Crippen molar-refractivity contribution in [1.82, 2.24) is 9.88 Å². The van der Waals surface area contributed by atoms with Gasteiger partial charge >= 0.3 is 0 Å². The SMILES string of the molecule is O=C(Nc1nc2c(s1)CN(Cc1ccccc1)CC2)c1ccc(-c2ccccc2)cc1. The van der Waals surface area contributed by atoms with Gasteiger partial charge in [-0.2, -0.15) is 0 Å². The van der Waals surface area contributed by atoms with E-state index in [0.29, 0.717) is 10.7 Å². The second kappa shape index (κ2) is 8.84. The predicted molar refractivity (Wildman–Crippen MR) is 126 cm³/mol. The molecule has 1 aliphatic rings. The van der Waals surface area contributed by atoms with Crippen molar-refractivity contribution in [1.29, 1.82) is 0 Å². The van der Waals surface area contributed by atoms with Crippen molar-refractivity contribution in [3.8, 4) is 11.1 Å². The van der Waals surface area contributed by atoms with Crippen LogP contribution in [0.3, 0.4) is 0 Å². The van der Waals surface area contributed by atoms with Crippen molar-refractivity contribution in [3.05, 3.63) is 107 Å². The standard InChI is InChI=1S/C26H23N3OS/c30-25(22-13-11-21(12-14-22)20-9-5-2-6-10-20)28-26-27-23-15-16-29(18-24(23)31-26)17-19-7-3-1-4-8-19/h1-14H,15-18H2,(H,27,28,30). The normalized spacial score (nSPS) is 13.5. The van der Waals surface area contributed by atoms with Crippen molar-refractivity contribution < 1.29 is 4.79 Å². The van der Waals surface area contributed by atoms with Gasteiger partial charge in [0, 0.05) is 36.5 Å². The number of fused-ring (bicyclic) bond motifs is 1. The highest BCUT2D eigenvalue weighted by Gasteiger charge is 2.21. The van der Waals surface area contributed by atoms with Gasteiger partial charge in [-0.05, 0) is 28.8 Å². The van der Waals surface area contributed by atoms with Crippen LogP contribution in [0.2, 0.25) is 0 Å². The molecule has 0 radical (unpaired) electrons. The van der Waals surface area contributed by atoms with E-state index in [1.807, 2.05) is 48.5 Å². The molecule has 0 aliphatic carbocycles. The van der Waals surface area contributed by atoms with E-state index in [2.05, 4.69) is 51.6 Å². The maximum atomic E-state index is 12.7. The predicted octanol–water partition coefficient (Wildman–Crippen LogP) is 5.62. The summed E-state index contributed by atoms with van der Waals surface area (Å²) in [6, 6.07) is 28.4. The Bertz CT molecular complexity index is 1170. The van der Waals surface area contributed by atoms with Gasteiger partial charge in [-0.3, -0.25) is 15.0 Å². The number of hydrogen-bond acceptors (Lipinski definition) is 4. The van der Waals surface area contributed by atoms with Crippen LogP contribution in [0.1, 0.15) is 26.5 Å². The molecule has 154 valence electrons. The zero-order valence-corrected chi connectivity index (χ0v) is 17.9. The summed E-state index contributed by atoms with van der Waals surface area (Å²) in [6.07, 6.45) is 0.917. The quantitative estimate of drug-likeness (QED) is 0.451. The molecule has 4 aromatic rings. The fraction of sp³-hybridized carbons (Fsp3) is 0.154. The van der Waals surface area contributed by atoms with Gasteiger partial charge in [-0.15, -0.1) is 11.3 Å². The lowest BCUT2D eigenvalue weighted by molar-refractivity contribution is 0.102. The Hall–Kier alpha value is -3.28. The minimum Gasteiger partial charge on any atom is -0.298 e. The molecule has 5 rings (SSSR count). The zero-order valence-electron chi connectivity index (χ0n) is 17.1. The second-order valence-corrected chi connectivity index (χ2v) is 8.82. The molecular weight excluding hydrogens is 402 g/mol. The van der Waals surface area contributed by atoms with Crippen LogP contribution in [-0.4, -0.2) is 22.3 Å². The lowest BCUT2D eigenvalue weighted by atomic mass is 10.0. The van der Waals surface area contributed by atoms with E-state index in [4.69, 9.17) is 0 Å². The molecular formula is C26H23N3OS. The summed E-state index contributed by atoms with van der Waals surface area (Å²) in [5, 5.41) is 3.67. The van der Waals surface area contributed by atoms with Crippen LogP contribution < -0.4 is 5.32 Å². The first-order valence-corrected chi connectivity index (χ1v) is 11.3. The number of rotatable bonds is 5. The number of anilines is 1. The Balaban J connectivity index is 1.24. The lowest BCUT2D eigenvalue weighted by Gasteiger charge is -2.25. The monoisotopic (exact) mass is 425 g/mol. The Morgan fingerprint density at radius 2 is 1.58 bits per heavy atom. The number of carbonyl (C=O) groups excluding carboxylic acids is 1. The largest absolute Gasteiger partial charge is 0.298 e. The maximum absolute atomic E-state index is 12.7. The van der Waals surface area contributed by atoms with E-state index in [1.54, 1.807) is 11.3 Å². The third kappa shape index (κ3) is 4.58. The molecule has 31 heavy (non-hydrogen) atoms. The van der Waals surface area contributed by atoms with Gasteiger partial charge in [-0.1, -0.05) is 72.8 Å². The number of hydrogen-bond donors (Lipinski definition) is 1. The molecule has 0 saturated heterocycles. The Labute approximate surface area is 186 Å². The third-order valence-electron chi connectivity index (χ3n) is 5.53. The van der Waals surface area contributed by atoms with Crippen LogP contribution in [0.4, 0.5) is 5.13 Å². The molecule has 0 spiro atoms.